The lowest BCUT2D eigenvalue weighted by Crippen LogP contribution is -2.41. The summed E-state index contributed by atoms with van der Waals surface area (Å²) in [6.07, 6.45) is 1.96. The van der Waals surface area contributed by atoms with Gasteiger partial charge in [-0.3, -0.25) is 9.79 Å². The van der Waals surface area contributed by atoms with Gasteiger partial charge in [-0.1, -0.05) is 0 Å². The van der Waals surface area contributed by atoms with Gasteiger partial charge in [0.05, 0.1) is 13.4 Å². The Labute approximate surface area is 134 Å². The molecule has 0 heterocycles. The summed E-state index contributed by atoms with van der Waals surface area (Å²) < 4.78 is 4.68. The van der Waals surface area contributed by atoms with Crippen LogP contribution < -0.4 is 5.32 Å². The molecule has 0 aromatic heterocycles. The molecule has 0 unspecified atom stereocenters. The van der Waals surface area contributed by atoms with Crippen molar-refractivity contribution < 1.29 is 24.2 Å². The van der Waals surface area contributed by atoms with Crippen molar-refractivity contribution in [3.8, 4) is 0 Å². The fourth-order valence-corrected chi connectivity index (χ4v) is 2.44. The molecule has 0 aromatic carbocycles. The van der Waals surface area contributed by atoms with Gasteiger partial charge < -0.3 is 20.1 Å². The molecule has 0 bridgehead atoms. The molecule has 126 valence electrons. The summed E-state index contributed by atoms with van der Waals surface area (Å²) in [5.41, 5.74) is 0. The number of hydrogen-bond acceptors (Lipinski definition) is 6. The van der Waals surface area contributed by atoms with E-state index in [9.17, 15) is 14.4 Å². The maximum atomic E-state index is 11.6. The summed E-state index contributed by atoms with van der Waals surface area (Å²) in [6, 6.07) is -1.56. The van der Waals surface area contributed by atoms with Gasteiger partial charge in [0.2, 0.25) is 5.91 Å². The van der Waals surface area contributed by atoms with Gasteiger partial charge in [-0.2, -0.15) is 11.8 Å². The maximum Gasteiger partial charge on any atom is 0.330 e. The van der Waals surface area contributed by atoms with Crippen LogP contribution in [0.1, 0.15) is 13.3 Å². The summed E-state index contributed by atoms with van der Waals surface area (Å²) in [4.78, 5) is 39.3. The molecule has 22 heavy (non-hydrogen) atoms. The molecule has 2 N–H and O–H groups in total. The topological polar surface area (TPSA) is 108 Å². The SMILES string of the molecule is COC(=O)[C@H](CCSC[C@@H](NC(C)=O)C(=O)O)N=CN(C)C. The molecule has 0 fully saturated rings. The largest absolute Gasteiger partial charge is 0.480 e. The quantitative estimate of drug-likeness (QED) is 0.247. The zero-order valence-electron chi connectivity index (χ0n) is 13.2. The number of nitrogens with one attached hydrogen (secondary N) is 1. The monoisotopic (exact) mass is 333 g/mol. The van der Waals surface area contributed by atoms with Crippen LogP contribution in [0.15, 0.2) is 4.99 Å². The number of rotatable bonds is 10. The first-order chi connectivity index (χ1) is 10.3. The Morgan fingerprint density at radius 2 is 2.05 bits per heavy atom. The van der Waals surface area contributed by atoms with Crippen LogP contribution in [0.3, 0.4) is 0 Å². The molecule has 0 saturated heterocycles. The first-order valence-corrected chi connectivity index (χ1v) is 7.78. The highest BCUT2D eigenvalue weighted by Gasteiger charge is 2.20. The molecule has 2 atom stereocenters. The number of carboxylic acids is 1. The summed E-state index contributed by atoms with van der Waals surface area (Å²) >= 11 is 1.33. The fourth-order valence-electron chi connectivity index (χ4n) is 1.42. The molecule has 0 saturated carbocycles. The number of aliphatic imine (C=N–C) groups is 1. The maximum absolute atomic E-state index is 11.6. The third-order valence-electron chi connectivity index (χ3n) is 2.45. The number of nitrogens with zero attached hydrogens (tertiary/aromatic N) is 2. The predicted molar refractivity (Wildman–Crippen MR) is 85.2 cm³/mol. The average Bonchev–Trinajstić information content (AvgIpc) is 2.43. The van der Waals surface area contributed by atoms with E-state index in [0.29, 0.717) is 12.2 Å². The second-order valence-electron chi connectivity index (χ2n) is 4.72. The molecular weight excluding hydrogens is 310 g/mol. The first kappa shape index (κ1) is 20.2. The third kappa shape index (κ3) is 9.22. The van der Waals surface area contributed by atoms with Crippen LogP contribution in [0, 0.1) is 0 Å². The highest BCUT2D eigenvalue weighted by Crippen LogP contribution is 2.10. The van der Waals surface area contributed by atoms with Crippen LogP contribution in [0.2, 0.25) is 0 Å². The van der Waals surface area contributed by atoms with Crippen LogP contribution in [0.4, 0.5) is 0 Å². The van der Waals surface area contributed by atoms with Crippen molar-refractivity contribution in [3.05, 3.63) is 0 Å². The lowest BCUT2D eigenvalue weighted by Gasteiger charge is -2.14. The van der Waals surface area contributed by atoms with Crippen molar-refractivity contribution in [1.29, 1.82) is 0 Å². The van der Waals surface area contributed by atoms with E-state index >= 15 is 0 Å². The van der Waals surface area contributed by atoms with Crippen molar-refractivity contribution >= 4 is 35.9 Å². The minimum absolute atomic E-state index is 0.222. The van der Waals surface area contributed by atoms with Gasteiger partial charge in [0.1, 0.15) is 12.1 Å². The van der Waals surface area contributed by atoms with E-state index in [1.54, 1.807) is 19.0 Å². The second kappa shape index (κ2) is 10.9. The van der Waals surface area contributed by atoms with Crippen molar-refractivity contribution in [1.82, 2.24) is 10.2 Å². The van der Waals surface area contributed by atoms with E-state index < -0.39 is 29.9 Å². The van der Waals surface area contributed by atoms with Crippen LogP contribution in [-0.2, 0) is 19.1 Å². The molecule has 0 radical (unpaired) electrons. The van der Waals surface area contributed by atoms with Crippen LogP contribution >= 0.6 is 11.8 Å². The van der Waals surface area contributed by atoms with Crippen molar-refractivity contribution in [2.24, 2.45) is 4.99 Å². The molecule has 8 nitrogen and oxygen atoms in total. The Bertz CT molecular complexity index is 414. The fraction of sp³-hybridized carbons (Fsp3) is 0.692. The molecule has 0 aromatic rings. The Hall–Kier alpha value is -1.77. The standard InChI is InChI=1S/C13H23N3O5S/c1-9(17)15-11(12(18)19)7-22-6-5-10(13(20)21-4)14-8-16(2)3/h8,10-11H,5-7H2,1-4H3,(H,15,17)(H,18,19)/t10-,11+/m0/s1. The molecule has 1 amide bonds. The summed E-state index contributed by atoms with van der Waals surface area (Å²) in [5.74, 6) is -1.17. The van der Waals surface area contributed by atoms with Gasteiger partial charge in [0, 0.05) is 26.8 Å². The first-order valence-electron chi connectivity index (χ1n) is 6.63. The summed E-state index contributed by atoms with van der Waals surface area (Å²) in [7, 11) is 4.87. The van der Waals surface area contributed by atoms with Crippen molar-refractivity contribution in [2.45, 2.75) is 25.4 Å². The number of esters is 1. The number of hydrogen-bond donors (Lipinski definition) is 2. The van der Waals surface area contributed by atoms with Gasteiger partial charge in [0.15, 0.2) is 0 Å². The highest BCUT2D eigenvalue weighted by molar-refractivity contribution is 7.99. The van der Waals surface area contributed by atoms with E-state index in [-0.39, 0.29) is 5.75 Å². The summed E-state index contributed by atoms with van der Waals surface area (Å²) in [6.45, 7) is 1.27. The van der Waals surface area contributed by atoms with Crippen LogP contribution in [-0.4, -0.2) is 79.0 Å². The number of ether oxygens (including phenoxy) is 1. The molecule has 0 aliphatic carbocycles. The molecule has 0 rings (SSSR count). The number of methoxy groups -OCH3 is 1. The zero-order valence-corrected chi connectivity index (χ0v) is 14.1. The van der Waals surface area contributed by atoms with Gasteiger partial charge in [-0.15, -0.1) is 0 Å². The average molecular weight is 333 g/mol. The van der Waals surface area contributed by atoms with Gasteiger partial charge in [-0.25, -0.2) is 9.59 Å². The van der Waals surface area contributed by atoms with E-state index in [4.69, 9.17) is 5.11 Å². The second-order valence-corrected chi connectivity index (χ2v) is 5.87. The normalized spacial score (nSPS) is 13.5. The predicted octanol–water partition coefficient (Wildman–Crippen LogP) is -0.169. The highest BCUT2D eigenvalue weighted by atomic mass is 32.2. The smallest absolute Gasteiger partial charge is 0.330 e. The van der Waals surface area contributed by atoms with E-state index in [1.165, 1.54) is 32.1 Å². The van der Waals surface area contributed by atoms with Crippen molar-refractivity contribution in [3.63, 3.8) is 0 Å². The molecule has 0 spiro atoms. The lowest BCUT2D eigenvalue weighted by atomic mass is 10.2. The van der Waals surface area contributed by atoms with Crippen molar-refractivity contribution in [2.75, 3.05) is 32.7 Å². The third-order valence-corrected chi connectivity index (χ3v) is 3.54. The molecule has 0 aliphatic heterocycles. The number of aliphatic carboxylic acids is 1. The Balaban J connectivity index is 4.34. The minimum Gasteiger partial charge on any atom is -0.480 e. The Kier molecular flexibility index (Phi) is 10.0. The molecule has 9 heteroatoms. The van der Waals surface area contributed by atoms with Crippen LogP contribution in [0.25, 0.3) is 0 Å². The zero-order chi connectivity index (χ0) is 17.1. The number of amides is 1. The Morgan fingerprint density at radius 3 is 2.50 bits per heavy atom. The molecular formula is C13H23N3O5S. The van der Waals surface area contributed by atoms with Crippen LogP contribution in [0.5, 0.6) is 0 Å². The number of thioether (sulfide) groups is 1. The van der Waals surface area contributed by atoms with E-state index in [1.807, 2.05) is 0 Å². The van der Waals surface area contributed by atoms with E-state index in [2.05, 4.69) is 15.0 Å². The number of carboxylic acid groups (broad SMARTS) is 1. The number of carbonyl (C=O) groups is 3. The van der Waals surface area contributed by atoms with Gasteiger partial charge >= 0.3 is 11.9 Å². The molecule has 0 aliphatic rings. The number of carbonyl (C=O) groups excluding carboxylic acids is 2. The van der Waals surface area contributed by atoms with E-state index in [0.717, 1.165) is 0 Å². The summed E-state index contributed by atoms with van der Waals surface area (Å²) in [5, 5.41) is 11.3. The lowest BCUT2D eigenvalue weighted by molar-refractivity contribution is -0.142. The van der Waals surface area contributed by atoms with Gasteiger partial charge in [-0.05, 0) is 12.2 Å². The minimum atomic E-state index is -1.09. The van der Waals surface area contributed by atoms with Gasteiger partial charge in [0.25, 0.3) is 0 Å². The Morgan fingerprint density at radius 1 is 1.41 bits per heavy atom.